The first-order valence-electron chi connectivity index (χ1n) is 10.4. The highest BCUT2D eigenvalue weighted by Gasteiger charge is 2.32. The van der Waals surface area contributed by atoms with Gasteiger partial charge in [0.25, 0.3) is 0 Å². The molecular formula is C23H25FN2O3S2. The zero-order chi connectivity index (χ0) is 21.8. The van der Waals surface area contributed by atoms with Crippen molar-refractivity contribution in [1.82, 2.24) is 9.62 Å². The molecule has 0 bridgehead atoms. The summed E-state index contributed by atoms with van der Waals surface area (Å²) in [5.41, 5.74) is 1.65. The van der Waals surface area contributed by atoms with Crippen molar-refractivity contribution in [3.05, 3.63) is 70.9 Å². The molecule has 2 aromatic carbocycles. The van der Waals surface area contributed by atoms with Crippen LogP contribution in [0.1, 0.15) is 36.4 Å². The van der Waals surface area contributed by atoms with Crippen LogP contribution >= 0.6 is 11.8 Å². The number of sulfonamides is 1. The lowest BCUT2D eigenvalue weighted by atomic mass is 9.95. The van der Waals surface area contributed by atoms with Crippen molar-refractivity contribution >= 4 is 33.8 Å². The fraction of sp³-hybridized carbons (Fsp3) is 0.348. The van der Waals surface area contributed by atoms with Crippen molar-refractivity contribution in [2.45, 2.75) is 30.2 Å². The van der Waals surface area contributed by atoms with Crippen LogP contribution in [0.4, 0.5) is 4.39 Å². The molecule has 1 N–H and O–H groups in total. The molecule has 5 nitrogen and oxygen atoms in total. The van der Waals surface area contributed by atoms with E-state index in [0.717, 1.165) is 23.3 Å². The number of nitrogens with one attached hydrogen (secondary N) is 1. The summed E-state index contributed by atoms with van der Waals surface area (Å²) in [5.74, 6) is 0.187. The smallest absolute Gasteiger partial charge is 0.236 e. The Kier molecular flexibility index (Phi) is 6.79. The van der Waals surface area contributed by atoms with E-state index in [1.807, 2.05) is 36.4 Å². The Balaban J connectivity index is 1.34. The van der Waals surface area contributed by atoms with E-state index >= 15 is 0 Å². The largest absolute Gasteiger partial charge is 0.349 e. The number of nitrogens with zero attached hydrogens (tertiary/aromatic N) is 1. The van der Waals surface area contributed by atoms with Crippen LogP contribution < -0.4 is 5.32 Å². The molecule has 1 atom stereocenters. The summed E-state index contributed by atoms with van der Waals surface area (Å²) < 4.78 is 40.7. The van der Waals surface area contributed by atoms with Gasteiger partial charge in [-0.3, -0.25) is 4.79 Å². The number of fused-ring (bicyclic) bond motifs is 1. The quantitative estimate of drug-likeness (QED) is 0.727. The minimum atomic E-state index is -3.53. The third-order valence-electron chi connectivity index (χ3n) is 5.76. The van der Waals surface area contributed by atoms with Crippen LogP contribution in [0.5, 0.6) is 0 Å². The second kappa shape index (κ2) is 9.54. The van der Waals surface area contributed by atoms with Crippen LogP contribution in [0, 0.1) is 11.7 Å². The molecule has 1 unspecified atom stereocenters. The number of carbonyl (C=O) groups is 1. The minimum absolute atomic E-state index is 0.0796. The standard InChI is InChI=1S/C23H25FN2O3S2/c24-20-8-4-7-19-21(11-15-30-22(19)20)25-23(27)18-9-13-26(14-10-18)31(28,29)16-12-17-5-2-1-3-6-17/h1-8,12,16,18,21H,9-11,13-15H2,(H,25,27)/b16-12+. The highest BCUT2D eigenvalue weighted by Crippen LogP contribution is 2.38. The molecule has 2 aliphatic rings. The highest BCUT2D eigenvalue weighted by atomic mass is 32.2. The lowest BCUT2D eigenvalue weighted by Crippen LogP contribution is -2.43. The summed E-state index contributed by atoms with van der Waals surface area (Å²) in [6.07, 6.45) is 3.29. The van der Waals surface area contributed by atoms with Gasteiger partial charge in [-0.2, -0.15) is 4.31 Å². The Labute approximate surface area is 186 Å². The Morgan fingerprint density at radius 3 is 2.55 bits per heavy atom. The summed E-state index contributed by atoms with van der Waals surface area (Å²) in [6.45, 7) is 0.622. The van der Waals surface area contributed by atoms with Gasteiger partial charge >= 0.3 is 0 Å². The number of thioether (sulfide) groups is 1. The van der Waals surface area contributed by atoms with Crippen molar-refractivity contribution in [3.8, 4) is 0 Å². The van der Waals surface area contributed by atoms with Crippen LogP contribution in [0.25, 0.3) is 6.08 Å². The predicted octanol–water partition coefficient (Wildman–Crippen LogP) is 4.19. The van der Waals surface area contributed by atoms with Gasteiger partial charge in [0.2, 0.25) is 15.9 Å². The topological polar surface area (TPSA) is 66.5 Å². The summed E-state index contributed by atoms with van der Waals surface area (Å²) in [7, 11) is -3.53. The SMILES string of the molecule is O=C(NC1CCSc2c(F)cccc21)C1CCN(S(=O)(=O)/C=C/c2ccccc2)CC1. The Morgan fingerprint density at radius 1 is 1.06 bits per heavy atom. The van der Waals surface area contributed by atoms with Gasteiger partial charge in [-0.05, 0) is 42.5 Å². The van der Waals surface area contributed by atoms with Crippen LogP contribution in [0.15, 0.2) is 58.8 Å². The molecule has 0 spiro atoms. The van der Waals surface area contributed by atoms with E-state index in [1.165, 1.54) is 27.5 Å². The maximum atomic E-state index is 14.1. The van der Waals surface area contributed by atoms with Crippen LogP contribution in [-0.2, 0) is 14.8 Å². The summed E-state index contributed by atoms with van der Waals surface area (Å²) in [6, 6.07) is 14.1. The van der Waals surface area contributed by atoms with E-state index in [4.69, 9.17) is 0 Å². The second-order valence-corrected chi connectivity index (χ2v) is 10.7. The van der Waals surface area contributed by atoms with Gasteiger partial charge in [0.15, 0.2) is 0 Å². The van der Waals surface area contributed by atoms with E-state index in [1.54, 1.807) is 12.1 Å². The molecule has 0 saturated carbocycles. The number of piperidine rings is 1. The number of benzene rings is 2. The maximum absolute atomic E-state index is 14.1. The zero-order valence-electron chi connectivity index (χ0n) is 17.0. The summed E-state index contributed by atoms with van der Waals surface area (Å²) in [4.78, 5) is 13.5. The van der Waals surface area contributed by atoms with Crippen molar-refractivity contribution in [2.24, 2.45) is 5.92 Å². The molecule has 1 saturated heterocycles. The molecule has 1 fully saturated rings. The number of carbonyl (C=O) groups excluding carboxylic acids is 1. The molecular weight excluding hydrogens is 435 g/mol. The van der Waals surface area contributed by atoms with E-state index < -0.39 is 10.0 Å². The first-order chi connectivity index (χ1) is 14.9. The molecule has 0 radical (unpaired) electrons. The average Bonchev–Trinajstić information content (AvgIpc) is 2.79. The van der Waals surface area contributed by atoms with Crippen molar-refractivity contribution in [1.29, 1.82) is 0 Å². The van der Waals surface area contributed by atoms with Crippen LogP contribution in [-0.4, -0.2) is 37.5 Å². The number of hydrogen-bond donors (Lipinski definition) is 1. The van der Waals surface area contributed by atoms with Gasteiger partial charge in [0, 0.05) is 35.1 Å². The Bertz CT molecular complexity index is 1070. The normalized spacial score (nSPS) is 20.5. The van der Waals surface area contributed by atoms with Crippen molar-refractivity contribution < 1.29 is 17.6 Å². The summed E-state index contributed by atoms with van der Waals surface area (Å²) >= 11 is 1.48. The van der Waals surface area contributed by atoms with Gasteiger partial charge in [0.1, 0.15) is 5.82 Å². The average molecular weight is 461 g/mol. The first kappa shape index (κ1) is 22.0. The molecule has 2 heterocycles. The first-order valence-corrected chi connectivity index (χ1v) is 12.9. The zero-order valence-corrected chi connectivity index (χ0v) is 18.7. The van der Waals surface area contributed by atoms with Gasteiger partial charge in [-0.1, -0.05) is 42.5 Å². The molecule has 0 aliphatic carbocycles. The molecule has 2 aromatic rings. The van der Waals surface area contributed by atoms with E-state index in [-0.39, 0.29) is 23.7 Å². The van der Waals surface area contributed by atoms with Gasteiger partial charge in [0.05, 0.1) is 6.04 Å². The predicted molar refractivity (Wildman–Crippen MR) is 121 cm³/mol. The van der Waals surface area contributed by atoms with Gasteiger partial charge < -0.3 is 5.32 Å². The third-order valence-corrected chi connectivity index (χ3v) is 8.48. The Hall–Kier alpha value is -2.16. The van der Waals surface area contributed by atoms with Crippen LogP contribution in [0.3, 0.4) is 0 Å². The third kappa shape index (κ3) is 5.19. The molecule has 1 amide bonds. The molecule has 8 heteroatoms. The second-order valence-electron chi connectivity index (χ2n) is 7.79. The van der Waals surface area contributed by atoms with E-state index in [2.05, 4.69) is 5.32 Å². The van der Waals surface area contributed by atoms with E-state index in [0.29, 0.717) is 30.8 Å². The highest BCUT2D eigenvalue weighted by molar-refractivity contribution is 7.99. The number of halogens is 1. The van der Waals surface area contributed by atoms with Crippen molar-refractivity contribution in [3.63, 3.8) is 0 Å². The number of amides is 1. The monoisotopic (exact) mass is 460 g/mol. The van der Waals surface area contributed by atoms with Gasteiger partial charge in [-0.15, -0.1) is 11.8 Å². The fourth-order valence-corrected chi connectivity index (χ4v) is 6.37. The van der Waals surface area contributed by atoms with E-state index in [9.17, 15) is 17.6 Å². The van der Waals surface area contributed by atoms with Crippen molar-refractivity contribution in [2.75, 3.05) is 18.8 Å². The number of rotatable bonds is 5. The minimum Gasteiger partial charge on any atom is -0.349 e. The lowest BCUT2D eigenvalue weighted by Gasteiger charge is -2.32. The summed E-state index contributed by atoms with van der Waals surface area (Å²) in [5, 5.41) is 4.30. The Morgan fingerprint density at radius 2 is 1.81 bits per heavy atom. The molecule has 164 valence electrons. The van der Waals surface area contributed by atoms with Gasteiger partial charge in [-0.25, -0.2) is 12.8 Å². The maximum Gasteiger partial charge on any atom is 0.236 e. The van der Waals surface area contributed by atoms with Crippen LogP contribution in [0.2, 0.25) is 0 Å². The fourth-order valence-electron chi connectivity index (χ4n) is 4.01. The molecule has 31 heavy (non-hydrogen) atoms. The molecule has 4 rings (SSSR count). The molecule has 2 aliphatic heterocycles. The lowest BCUT2D eigenvalue weighted by molar-refractivity contribution is -0.126. The molecule has 0 aromatic heterocycles. The number of hydrogen-bond acceptors (Lipinski definition) is 4.